The molecule has 1 aromatic rings. The smallest absolute Gasteiger partial charge is 0.224 e. The van der Waals surface area contributed by atoms with E-state index in [0.29, 0.717) is 13.1 Å². The van der Waals surface area contributed by atoms with Crippen molar-refractivity contribution in [3.63, 3.8) is 0 Å². The fraction of sp³-hybridized carbons (Fsp3) is 0.636. The highest BCUT2D eigenvalue weighted by molar-refractivity contribution is 5.80. The molecule has 0 aliphatic rings. The Morgan fingerprint density at radius 2 is 2.25 bits per heavy atom. The number of aromatic nitrogens is 2. The van der Waals surface area contributed by atoms with E-state index in [1.165, 1.54) is 0 Å². The van der Waals surface area contributed by atoms with Crippen LogP contribution in [0, 0.1) is 12.3 Å². The van der Waals surface area contributed by atoms with Gasteiger partial charge in [0.2, 0.25) is 5.91 Å². The van der Waals surface area contributed by atoms with E-state index in [-0.39, 0.29) is 5.91 Å². The molecule has 3 N–H and O–H groups in total. The number of carbonyl (C=O) groups is 1. The molecule has 16 heavy (non-hydrogen) atoms. The first-order valence-electron chi connectivity index (χ1n) is 5.32. The van der Waals surface area contributed by atoms with Crippen LogP contribution in [0.3, 0.4) is 0 Å². The van der Waals surface area contributed by atoms with Gasteiger partial charge in [0, 0.05) is 31.9 Å². The van der Waals surface area contributed by atoms with Crippen molar-refractivity contribution in [2.24, 2.45) is 18.2 Å². The van der Waals surface area contributed by atoms with Crippen LogP contribution in [-0.4, -0.2) is 22.2 Å². The molecule has 0 fully saturated rings. The Hall–Kier alpha value is -1.36. The van der Waals surface area contributed by atoms with Crippen LogP contribution in [0.4, 0.5) is 0 Å². The van der Waals surface area contributed by atoms with Gasteiger partial charge < -0.3 is 11.1 Å². The van der Waals surface area contributed by atoms with Crippen LogP contribution in [0.5, 0.6) is 0 Å². The number of hydrogen-bond donors (Lipinski definition) is 2. The van der Waals surface area contributed by atoms with Crippen molar-refractivity contribution in [1.29, 1.82) is 0 Å². The minimum Gasteiger partial charge on any atom is -0.369 e. The molecular weight excluding hydrogens is 204 g/mol. The average Bonchev–Trinajstić information content (AvgIpc) is 2.44. The highest BCUT2D eigenvalue weighted by atomic mass is 16.1. The molecule has 0 radical (unpaired) electrons. The molecule has 1 aromatic heterocycles. The van der Waals surface area contributed by atoms with Gasteiger partial charge in [-0.3, -0.25) is 9.48 Å². The summed E-state index contributed by atoms with van der Waals surface area (Å²) in [5, 5.41) is 7.47. The topological polar surface area (TPSA) is 72.9 Å². The molecule has 0 unspecified atom stereocenters. The first-order chi connectivity index (χ1) is 7.33. The predicted molar refractivity (Wildman–Crippen MR) is 62.6 cm³/mol. The number of amides is 1. The first kappa shape index (κ1) is 12.7. The maximum atomic E-state index is 11.1. The van der Waals surface area contributed by atoms with Crippen LogP contribution in [-0.2, 0) is 18.4 Å². The highest BCUT2D eigenvalue weighted by Gasteiger charge is 2.24. The number of rotatable bonds is 5. The number of primary amides is 1. The molecule has 0 bridgehead atoms. The minimum atomic E-state index is -0.518. The average molecular weight is 224 g/mol. The molecule has 0 saturated heterocycles. The summed E-state index contributed by atoms with van der Waals surface area (Å²) in [5.41, 5.74) is 6.92. The molecule has 1 amide bonds. The van der Waals surface area contributed by atoms with Crippen molar-refractivity contribution < 1.29 is 4.79 Å². The summed E-state index contributed by atoms with van der Waals surface area (Å²) in [5.74, 6) is -0.289. The summed E-state index contributed by atoms with van der Waals surface area (Å²) in [6.45, 7) is 6.90. The Morgan fingerprint density at radius 3 is 2.69 bits per heavy atom. The normalized spacial score (nSPS) is 11.8. The molecule has 0 spiro atoms. The number of hydrogen-bond acceptors (Lipinski definition) is 3. The monoisotopic (exact) mass is 224 g/mol. The van der Waals surface area contributed by atoms with Crippen LogP contribution in [0.25, 0.3) is 0 Å². The van der Waals surface area contributed by atoms with E-state index in [2.05, 4.69) is 10.4 Å². The van der Waals surface area contributed by atoms with Crippen molar-refractivity contribution >= 4 is 5.91 Å². The maximum Gasteiger partial charge on any atom is 0.224 e. The predicted octanol–water partition coefficient (Wildman–Crippen LogP) is 0.330. The molecule has 90 valence electrons. The molecule has 1 heterocycles. The summed E-state index contributed by atoms with van der Waals surface area (Å²) in [7, 11) is 1.89. The molecule has 5 nitrogen and oxygen atoms in total. The fourth-order valence-electron chi connectivity index (χ4n) is 1.42. The van der Waals surface area contributed by atoms with Gasteiger partial charge in [-0.25, -0.2) is 0 Å². The minimum absolute atomic E-state index is 0.289. The van der Waals surface area contributed by atoms with Gasteiger partial charge in [-0.1, -0.05) is 0 Å². The van der Waals surface area contributed by atoms with Crippen molar-refractivity contribution in [3.05, 3.63) is 17.5 Å². The Morgan fingerprint density at radius 1 is 1.62 bits per heavy atom. The molecule has 0 aliphatic carbocycles. The van der Waals surface area contributed by atoms with E-state index < -0.39 is 5.41 Å². The lowest BCUT2D eigenvalue weighted by Gasteiger charge is -2.20. The van der Waals surface area contributed by atoms with Crippen LogP contribution >= 0.6 is 0 Å². The van der Waals surface area contributed by atoms with E-state index in [9.17, 15) is 4.79 Å². The zero-order valence-electron chi connectivity index (χ0n) is 10.4. The lowest BCUT2D eigenvalue weighted by atomic mass is 9.93. The Balaban J connectivity index is 2.48. The second-order valence-corrected chi connectivity index (χ2v) is 4.77. The maximum absolute atomic E-state index is 11.1. The summed E-state index contributed by atoms with van der Waals surface area (Å²) >= 11 is 0. The molecule has 0 aromatic carbocycles. The molecule has 0 saturated carbocycles. The molecule has 0 aliphatic heterocycles. The highest BCUT2D eigenvalue weighted by Crippen LogP contribution is 2.12. The number of aryl methyl sites for hydroxylation is 2. The summed E-state index contributed by atoms with van der Waals surface area (Å²) < 4.78 is 1.78. The number of nitrogens with one attached hydrogen (secondary N) is 1. The van der Waals surface area contributed by atoms with Crippen LogP contribution in [0.15, 0.2) is 6.20 Å². The van der Waals surface area contributed by atoms with Gasteiger partial charge in [0.15, 0.2) is 0 Å². The summed E-state index contributed by atoms with van der Waals surface area (Å²) in [6, 6.07) is 0. The zero-order valence-corrected chi connectivity index (χ0v) is 10.4. The van der Waals surface area contributed by atoms with E-state index in [1.807, 2.05) is 34.0 Å². The van der Waals surface area contributed by atoms with Gasteiger partial charge in [-0.2, -0.15) is 5.10 Å². The van der Waals surface area contributed by atoms with E-state index in [1.54, 1.807) is 4.68 Å². The summed E-state index contributed by atoms with van der Waals surface area (Å²) in [4.78, 5) is 11.1. The number of nitrogens with zero attached hydrogens (tertiary/aromatic N) is 2. The van der Waals surface area contributed by atoms with Gasteiger partial charge in [-0.15, -0.1) is 0 Å². The van der Waals surface area contributed by atoms with E-state index in [0.717, 1.165) is 11.3 Å². The molecular formula is C11H20N4O. The largest absolute Gasteiger partial charge is 0.369 e. The third-order valence-corrected chi connectivity index (χ3v) is 2.66. The van der Waals surface area contributed by atoms with Crippen LogP contribution in [0.1, 0.15) is 25.1 Å². The second kappa shape index (κ2) is 4.65. The van der Waals surface area contributed by atoms with Crippen molar-refractivity contribution in [1.82, 2.24) is 15.1 Å². The number of carbonyl (C=O) groups excluding carboxylic acids is 1. The molecule has 1 rings (SSSR count). The molecule has 0 atom stereocenters. The van der Waals surface area contributed by atoms with Gasteiger partial charge in [-0.05, 0) is 20.8 Å². The van der Waals surface area contributed by atoms with Gasteiger partial charge in [0.25, 0.3) is 0 Å². The first-order valence-corrected chi connectivity index (χ1v) is 5.32. The standard InChI is InChI=1S/C11H20N4O/c1-8-9(6-15(4)14-8)5-13-7-11(2,3)10(12)16/h6,13H,5,7H2,1-4H3,(H2,12,16). The van der Waals surface area contributed by atoms with Gasteiger partial charge in [0.05, 0.1) is 11.1 Å². The van der Waals surface area contributed by atoms with E-state index >= 15 is 0 Å². The second-order valence-electron chi connectivity index (χ2n) is 4.77. The number of nitrogens with two attached hydrogens (primary N) is 1. The molecule has 5 heteroatoms. The zero-order chi connectivity index (χ0) is 12.3. The van der Waals surface area contributed by atoms with Crippen LogP contribution < -0.4 is 11.1 Å². The van der Waals surface area contributed by atoms with Crippen molar-refractivity contribution in [3.8, 4) is 0 Å². The lowest BCUT2D eigenvalue weighted by Crippen LogP contribution is -2.40. The lowest BCUT2D eigenvalue weighted by molar-refractivity contribution is -0.125. The fourth-order valence-corrected chi connectivity index (χ4v) is 1.42. The van der Waals surface area contributed by atoms with E-state index in [4.69, 9.17) is 5.73 Å². The SMILES string of the molecule is Cc1nn(C)cc1CNCC(C)(C)C(N)=O. The summed E-state index contributed by atoms with van der Waals surface area (Å²) in [6.07, 6.45) is 1.97. The Labute approximate surface area is 96.0 Å². The van der Waals surface area contributed by atoms with Gasteiger partial charge >= 0.3 is 0 Å². The van der Waals surface area contributed by atoms with Crippen molar-refractivity contribution in [2.45, 2.75) is 27.3 Å². The third-order valence-electron chi connectivity index (χ3n) is 2.66. The Kier molecular flexibility index (Phi) is 3.70. The van der Waals surface area contributed by atoms with Crippen molar-refractivity contribution in [2.75, 3.05) is 6.54 Å². The quantitative estimate of drug-likeness (QED) is 0.757. The third kappa shape index (κ3) is 3.06. The Bertz CT molecular complexity index is 381. The van der Waals surface area contributed by atoms with Crippen LogP contribution in [0.2, 0.25) is 0 Å². The van der Waals surface area contributed by atoms with Gasteiger partial charge in [0.1, 0.15) is 0 Å².